The Morgan fingerprint density at radius 1 is 0.821 bits per heavy atom. The summed E-state index contributed by atoms with van der Waals surface area (Å²) in [4.78, 5) is 27.4. The maximum absolute atomic E-state index is 12.6. The van der Waals surface area contributed by atoms with Crippen LogP contribution in [0.3, 0.4) is 0 Å². The van der Waals surface area contributed by atoms with Gasteiger partial charge in [0.05, 0.1) is 5.69 Å². The molecule has 0 radical (unpaired) electrons. The summed E-state index contributed by atoms with van der Waals surface area (Å²) in [6.07, 6.45) is 3.99. The number of amides is 2. The van der Waals surface area contributed by atoms with E-state index in [1.54, 1.807) is 0 Å². The van der Waals surface area contributed by atoms with Crippen molar-refractivity contribution in [3.8, 4) is 11.1 Å². The summed E-state index contributed by atoms with van der Waals surface area (Å²) in [5.74, 6) is 0.0614. The third-order valence-electron chi connectivity index (χ3n) is 7.37. The summed E-state index contributed by atoms with van der Waals surface area (Å²) in [5, 5.41) is 9.51. The Labute approximate surface area is 230 Å². The highest BCUT2D eigenvalue weighted by Crippen LogP contribution is 2.28. The smallest absolute Gasteiger partial charge is 0.411 e. The maximum Gasteiger partial charge on any atom is 0.411 e. The number of rotatable bonds is 11. The average Bonchev–Trinajstić information content (AvgIpc) is 3.80. The lowest BCUT2D eigenvalue weighted by Crippen LogP contribution is -2.40. The zero-order valence-corrected chi connectivity index (χ0v) is 22.4. The normalized spacial score (nSPS) is 16.0. The van der Waals surface area contributed by atoms with Crippen LogP contribution in [0.2, 0.25) is 0 Å². The highest BCUT2D eigenvalue weighted by atomic mass is 16.6. The molecule has 2 aliphatic rings. The molecular formula is C32H38N4O3. The molecule has 0 unspecified atom stereocenters. The highest BCUT2D eigenvalue weighted by Gasteiger charge is 2.23. The number of hydrogen-bond acceptors (Lipinski definition) is 5. The summed E-state index contributed by atoms with van der Waals surface area (Å²) in [5.41, 5.74) is 5.12. The third-order valence-corrected chi connectivity index (χ3v) is 7.37. The van der Waals surface area contributed by atoms with Gasteiger partial charge in [-0.3, -0.25) is 10.1 Å². The van der Waals surface area contributed by atoms with E-state index in [4.69, 9.17) is 4.74 Å². The Hall–Kier alpha value is -3.68. The first-order chi connectivity index (χ1) is 19.1. The van der Waals surface area contributed by atoms with Gasteiger partial charge >= 0.3 is 6.09 Å². The molecule has 1 saturated heterocycles. The van der Waals surface area contributed by atoms with Crippen LogP contribution in [0.25, 0.3) is 11.1 Å². The Bertz CT molecular complexity index is 1240. The van der Waals surface area contributed by atoms with Gasteiger partial charge in [-0.1, -0.05) is 72.8 Å². The van der Waals surface area contributed by atoms with Crippen LogP contribution in [0.15, 0.2) is 78.9 Å². The van der Waals surface area contributed by atoms with Crippen LogP contribution < -0.4 is 16.0 Å². The minimum atomic E-state index is -0.427. The number of nitrogens with zero attached hydrogens (tertiary/aromatic N) is 1. The predicted octanol–water partition coefficient (Wildman–Crippen LogP) is 5.33. The van der Waals surface area contributed by atoms with Crippen LogP contribution in [0.1, 0.15) is 43.2 Å². The van der Waals surface area contributed by atoms with Crippen molar-refractivity contribution >= 4 is 17.7 Å². The molecule has 204 valence electrons. The van der Waals surface area contributed by atoms with E-state index in [2.05, 4.69) is 45.1 Å². The molecule has 0 bridgehead atoms. The number of likely N-dealkylation sites (tertiary alicyclic amines) is 1. The number of carbonyl (C=O) groups is 2. The van der Waals surface area contributed by atoms with E-state index < -0.39 is 6.09 Å². The van der Waals surface area contributed by atoms with Crippen molar-refractivity contribution in [2.24, 2.45) is 0 Å². The van der Waals surface area contributed by atoms with E-state index in [1.165, 1.54) is 18.4 Å². The lowest BCUT2D eigenvalue weighted by Gasteiger charge is -2.31. The standard InChI is InChI=1S/C32H38N4O3/c37-31(34-23-25-8-6-7-24(21-25)22-33-27-13-14-27)17-20-36-18-15-28(16-19-36)39-32(38)35-30-12-5-4-11-29(30)26-9-2-1-3-10-26/h1-12,21,27-28,33H,13-20,22-23H2,(H,34,37)(H,35,38). The molecule has 0 spiro atoms. The van der Waals surface area contributed by atoms with Crippen LogP contribution in [0.5, 0.6) is 0 Å². The van der Waals surface area contributed by atoms with E-state index in [0.29, 0.717) is 25.6 Å². The first-order valence-corrected chi connectivity index (χ1v) is 14.0. The quantitative estimate of drug-likeness (QED) is 0.315. The SMILES string of the molecule is O=C(CCN1CCC(OC(=O)Nc2ccccc2-c2ccccc2)CC1)NCc1cccc(CNC2CC2)c1. The summed E-state index contributed by atoms with van der Waals surface area (Å²) in [7, 11) is 0. The fraction of sp³-hybridized carbons (Fsp3) is 0.375. The Morgan fingerprint density at radius 2 is 1.54 bits per heavy atom. The van der Waals surface area contributed by atoms with Gasteiger partial charge < -0.3 is 20.3 Å². The van der Waals surface area contributed by atoms with Crippen molar-refractivity contribution in [2.45, 2.75) is 57.3 Å². The van der Waals surface area contributed by atoms with Crippen molar-refractivity contribution in [1.29, 1.82) is 0 Å². The lowest BCUT2D eigenvalue weighted by molar-refractivity contribution is -0.121. The zero-order valence-electron chi connectivity index (χ0n) is 22.4. The Balaban J connectivity index is 0.994. The van der Waals surface area contributed by atoms with E-state index in [9.17, 15) is 9.59 Å². The molecule has 5 rings (SSSR count). The van der Waals surface area contributed by atoms with E-state index in [1.807, 2.05) is 54.6 Å². The molecule has 1 saturated carbocycles. The first kappa shape index (κ1) is 26.9. The maximum atomic E-state index is 12.6. The molecule has 3 aromatic carbocycles. The third kappa shape index (κ3) is 8.40. The van der Waals surface area contributed by atoms with E-state index in [-0.39, 0.29) is 12.0 Å². The zero-order chi connectivity index (χ0) is 26.9. The Morgan fingerprint density at radius 3 is 2.31 bits per heavy atom. The minimum Gasteiger partial charge on any atom is -0.446 e. The van der Waals surface area contributed by atoms with Gasteiger partial charge in [-0.2, -0.15) is 0 Å². The van der Waals surface area contributed by atoms with Crippen LogP contribution in [-0.2, 0) is 22.6 Å². The highest BCUT2D eigenvalue weighted by molar-refractivity contribution is 5.91. The number of hydrogen-bond donors (Lipinski definition) is 3. The largest absolute Gasteiger partial charge is 0.446 e. The number of carbonyl (C=O) groups excluding carboxylic acids is 2. The van der Waals surface area contributed by atoms with Crippen LogP contribution in [0.4, 0.5) is 10.5 Å². The van der Waals surface area contributed by atoms with Gasteiger partial charge in [-0.15, -0.1) is 0 Å². The molecule has 7 heteroatoms. The molecule has 0 aromatic heterocycles. The lowest BCUT2D eigenvalue weighted by atomic mass is 10.0. The van der Waals surface area contributed by atoms with Crippen molar-refractivity contribution in [2.75, 3.05) is 25.0 Å². The minimum absolute atomic E-state index is 0.0614. The number of nitrogens with one attached hydrogen (secondary N) is 3. The number of para-hydroxylation sites is 1. The molecule has 3 N–H and O–H groups in total. The molecule has 1 aliphatic carbocycles. The summed E-state index contributed by atoms with van der Waals surface area (Å²) in [6.45, 7) is 3.76. The fourth-order valence-corrected chi connectivity index (χ4v) is 4.95. The summed E-state index contributed by atoms with van der Waals surface area (Å²) in [6, 6.07) is 26.8. The average molecular weight is 527 g/mol. The Kier molecular flexibility index (Phi) is 9.25. The number of ether oxygens (including phenoxy) is 1. The number of benzene rings is 3. The molecule has 0 atom stereocenters. The summed E-state index contributed by atoms with van der Waals surface area (Å²) < 4.78 is 5.73. The molecular weight excluding hydrogens is 488 g/mol. The molecule has 2 amide bonds. The van der Waals surface area contributed by atoms with Gasteiger partial charge in [0.1, 0.15) is 6.10 Å². The number of piperidine rings is 1. The van der Waals surface area contributed by atoms with Crippen LogP contribution in [0, 0.1) is 0 Å². The van der Waals surface area contributed by atoms with Crippen molar-refractivity contribution in [3.05, 3.63) is 90.0 Å². The van der Waals surface area contributed by atoms with E-state index in [0.717, 1.165) is 54.9 Å². The fourth-order valence-electron chi connectivity index (χ4n) is 4.95. The number of anilines is 1. The van der Waals surface area contributed by atoms with Gasteiger partial charge in [-0.25, -0.2) is 4.79 Å². The second-order valence-corrected chi connectivity index (χ2v) is 10.5. The molecule has 7 nitrogen and oxygen atoms in total. The van der Waals surface area contributed by atoms with E-state index >= 15 is 0 Å². The molecule has 2 fully saturated rings. The second-order valence-electron chi connectivity index (χ2n) is 10.5. The van der Waals surface area contributed by atoms with Gasteiger partial charge in [0.2, 0.25) is 5.91 Å². The molecule has 3 aromatic rings. The second kappa shape index (κ2) is 13.4. The molecule has 1 aliphatic heterocycles. The van der Waals surface area contributed by atoms with Gasteiger partial charge in [0.25, 0.3) is 0 Å². The summed E-state index contributed by atoms with van der Waals surface area (Å²) >= 11 is 0. The predicted molar refractivity (Wildman–Crippen MR) is 154 cm³/mol. The van der Waals surface area contributed by atoms with Crippen LogP contribution in [-0.4, -0.2) is 48.7 Å². The van der Waals surface area contributed by atoms with Crippen molar-refractivity contribution < 1.29 is 14.3 Å². The van der Waals surface area contributed by atoms with Crippen molar-refractivity contribution in [1.82, 2.24) is 15.5 Å². The van der Waals surface area contributed by atoms with Gasteiger partial charge in [0, 0.05) is 50.7 Å². The van der Waals surface area contributed by atoms with Gasteiger partial charge in [0.15, 0.2) is 0 Å². The van der Waals surface area contributed by atoms with Gasteiger partial charge in [-0.05, 0) is 48.4 Å². The topological polar surface area (TPSA) is 82.7 Å². The van der Waals surface area contributed by atoms with Crippen molar-refractivity contribution in [3.63, 3.8) is 0 Å². The monoisotopic (exact) mass is 526 g/mol. The molecule has 39 heavy (non-hydrogen) atoms. The first-order valence-electron chi connectivity index (χ1n) is 14.0. The van der Waals surface area contributed by atoms with Crippen LogP contribution >= 0.6 is 0 Å². The molecule has 1 heterocycles.